The monoisotopic (exact) mass is 484 g/mol. The van der Waals surface area contributed by atoms with Crippen LogP contribution in [0.3, 0.4) is 0 Å². The van der Waals surface area contributed by atoms with Crippen molar-refractivity contribution in [2.24, 2.45) is 23.7 Å². The minimum atomic E-state index is -0.705. The molecule has 3 amide bonds. The second kappa shape index (κ2) is 8.32. The lowest BCUT2D eigenvalue weighted by molar-refractivity contribution is -0.123. The van der Waals surface area contributed by atoms with Gasteiger partial charge in [0.05, 0.1) is 33.1 Å². The van der Waals surface area contributed by atoms with Gasteiger partial charge in [0.1, 0.15) is 0 Å². The highest BCUT2D eigenvalue weighted by atomic mass is 35.5. The number of fused-ring (bicyclic) bond motifs is 5. The molecule has 1 N–H and O–H groups in total. The molecule has 2 bridgehead atoms. The summed E-state index contributed by atoms with van der Waals surface area (Å²) in [6.07, 6.45) is 4.94. The average molecular weight is 485 g/mol. The van der Waals surface area contributed by atoms with Gasteiger partial charge in [0.2, 0.25) is 11.8 Å². The van der Waals surface area contributed by atoms with Crippen molar-refractivity contribution < 1.29 is 23.9 Å². The molecule has 5 rings (SSSR count). The first-order valence-electron chi connectivity index (χ1n) is 10.4. The van der Waals surface area contributed by atoms with Crippen LogP contribution in [0.25, 0.3) is 0 Å². The van der Waals surface area contributed by atoms with E-state index in [0.717, 1.165) is 6.42 Å². The number of hydrogen-bond donors (Lipinski definition) is 1. The Balaban J connectivity index is 1.20. The summed E-state index contributed by atoms with van der Waals surface area (Å²) in [5.74, 6) is -1.92. The molecule has 9 heteroatoms. The third kappa shape index (κ3) is 3.81. The zero-order valence-corrected chi connectivity index (χ0v) is 18.7. The Hall–Kier alpha value is -3.16. The summed E-state index contributed by atoms with van der Waals surface area (Å²) >= 11 is 11.7. The van der Waals surface area contributed by atoms with Crippen LogP contribution < -0.4 is 10.2 Å². The maximum absolute atomic E-state index is 12.9. The Morgan fingerprint density at radius 2 is 1.58 bits per heavy atom. The molecular weight excluding hydrogens is 467 g/mol. The molecule has 1 aliphatic heterocycles. The Labute approximate surface area is 199 Å². The maximum atomic E-state index is 12.9. The fourth-order valence-corrected chi connectivity index (χ4v) is 5.19. The van der Waals surface area contributed by atoms with E-state index in [1.807, 2.05) is 12.2 Å². The van der Waals surface area contributed by atoms with E-state index in [1.54, 1.807) is 18.2 Å². The number of esters is 1. The Kier molecular flexibility index (Phi) is 5.46. The number of ether oxygens (including phenoxy) is 1. The van der Waals surface area contributed by atoms with E-state index in [0.29, 0.717) is 16.4 Å². The second-order valence-corrected chi connectivity index (χ2v) is 9.13. The molecule has 3 aliphatic rings. The van der Waals surface area contributed by atoms with Crippen LogP contribution in [0, 0.1) is 23.7 Å². The largest absolute Gasteiger partial charge is 0.452 e. The number of benzene rings is 2. The summed E-state index contributed by atoms with van der Waals surface area (Å²) in [5, 5.41) is 3.20. The van der Waals surface area contributed by atoms with Crippen LogP contribution in [-0.4, -0.2) is 30.3 Å². The van der Waals surface area contributed by atoms with Gasteiger partial charge in [-0.2, -0.15) is 0 Å². The molecule has 2 fully saturated rings. The number of allylic oxidation sites excluding steroid dienone is 2. The lowest BCUT2D eigenvalue weighted by atomic mass is 9.85. The standard InChI is InChI=1S/C24H18Cl2N2O5/c25-17-8-5-15(10-18(17)26)27-19(29)11-33-24(32)12-3-6-16(7-4-12)28-22(30)20-13-1-2-14(9-13)21(20)23(28)31/h1-8,10,13-14,20-21H,9,11H2,(H,27,29)/t13-,14-,20+,21+/m0/s1. The molecule has 0 spiro atoms. The van der Waals surface area contributed by atoms with Crippen molar-refractivity contribution >= 4 is 58.3 Å². The van der Waals surface area contributed by atoms with Crippen LogP contribution in [0.1, 0.15) is 16.8 Å². The first kappa shape index (κ1) is 21.7. The molecule has 0 aromatic heterocycles. The van der Waals surface area contributed by atoms with E-state index in [4.69, 9.17) is 27.9 Å². The lowest BCUT2D eigenvalue weighted by Gasteiger charge is -2.17. The number of carbonyl (C=O) groups is 4. The molecule has 0 radical (unpaired) electrons. The zero-order valence-electron chi connectivity index (χ0n) is 17.2. The quantitative estimate of drug-likeness (QED) is 0.391. The summed E-state index contributed by atoms with van der Waals surface area (Å²) in [6.45, 7) is -0.497. The van der Waals surface area contributed by atoms with Crippen molar-refractivity contribution in [2.75, 3.05) is 16.8 Å². The van der Waals surface area contributed by atoms with E-state index in [-0.39, 0.29) is 46.1 Å². The number of imide groups is 1. The lowest BCUT2D eigenvalue weighted by Crippen LogP contribution is -2.32. The molecule has 168 valence electrons. The van der Waals surface area contributed by atoms with Gasteiger partial charge in [-0.15, -0.1) is 0 Å². The van der Waals surface area contributed by atoms with Gasteiger partial charge in [0, 0.05) is 5.69 Å². The van der Waals surface area contributed by atoms with Gasteiger partial charge in [-0.25, -0.2) is 4.79 Å². The van der Waals surface area contributed by atoms with Crippen molar-refractivity contribution in [3.8, 4) is 0 Å². The molecule has 33 heavy (non-hydrogen) atoms. The third-order valence-electron chi connectivity index (χ3n) is 6.37. The summed E-state index contributed by atoms with van der Waals surface area (Å²) < 4.78 is 5.05. The topological polar surface area (TPSA) is 92.8 Å². The third-order valence-corrected chi connectivity index (χ3v) is 7.11. The Bertz CT molecular complexity index is 1180. The van der Waals surface area contributed by atoms with Crippen molar-refractivity contribution in [2.45, 2.75) is 6.42 Å². The molecular formula is C24H18Cl2N2O5. The van der Waals surface area contributed by atoms with E-state index in [9.17, 15) is 19.2 Å². The van der Waals surface area contributed by atoms with Crippen LogP contribution >= 0.6 is 23.2 Å². The Morgan fingerprint density at radius 1 is 0.939 bits per heavy atom. The van der Waals surface area contributed by atoms with E-state index in [2.05, 4.69) is 5.32 Å². The van der Waals surface area contributed by atoms with Crippen LogP contribution in [0.15, 0.2) is 54.6 Å². The summed E-state index contributed by atoms with van der Waals surface area (Å²) in [7, 11) is 0. The van der Waals surface area contributed by atoms with Crippen LogP contribution in [0.2, 0.25) is 10.0 Å². The molecule has 2 aromatic carbocycles. The van der Waals surface area contributed by atoms with Crippen molar-refractivity contribution in [1.82, 2.24) is 0 Å². The highest BCUT2D eigenvalue weighted by Gasteiger charge is 2.59. The molecule has 0 unspecified atom stereocenters. The Morgan fingerprint density at radius 3 is 2.18 bits per heavy atom. The summed E-state index contributed by atoms with van der Waals surface area (Å²) in [5.41, 5.74) is 1.04. The van der Waals surface area contributed by atoms with Gasteiger partial charge in [0.15, 0.2) is 6.61 Å². The minimum Gasteiger partial charge on any atom is -0.452 e. The van der Waals surface area contributed by atoms with E-state index in [1.165, 1.54) is 29.2 Å². The number of rotatable bonds is 5. The van der Waals surface area contributed by atoms with Gasteiger partial charge >= 0.3 is 5.97 Å². The zero-order chi connectivity index (χ0) is 23.3. The summed E-state index contributed by atoms with van der Waals surface area (Å²) in [4.78, 5) is 51.4. The molecule has 2 aromatic rings. The highest BCUT2D eigenvalue weighted by Crippen LogP contribution is 2.53. The van der Waals surface area contributed by atoms with Gasteiger partial charge in [-0.05, 0) is 60.7 Å². The number of nitrogens with one attached hydrogen (secondary N) is 1. The summed E-state index contributed by atoms with van der Waals surface area (Å²) in [6, 6.07) is 10.6. The number of carbonyl (C=O) groups excluding carboxylic acids is 4. The SMILES string of the molecule is O=C(COC(=O)c1ccc(N2C(=O)[C@H]3[C@H](C2=O)[C@H]2C=C[C@H]3C2)cc1)Nc1ccc(Cl)c(Cl)c1. The van der Waals surface area contributed by atoms with Gasteiger partial charge in [0.25, 0.3) is 5.91 Å². The number of nitrogens with zero attached hydrogens (tertiary/aromatic N) is 1. The van der Waals surface area contributed by atoms with Gasteiger partial charge < -0.3 is 10.1 Å². The molecule has 7 nitrogen and oxygen atoms in total. The molecule has 1 saturated carbocycles. The van der Waals surface area contributed by atoms with Gasteiger partial charge in [-0.3, -0.25) is 19.3 Å². The maximum Gasteiger partial charge on any atom is 0.338 e. The first-order valence-corrected chi connectivity index (χ1v) is 11.2. The number of anilines is 2. The fourth-order valence-electron chi connectivity index (χ4n) is 4.89. The first-order chi connectivity index (χ1) is 15.8. The number of hydrogen-bond acceptors (Lipinski definition) is 5. The molecule has 4 atom stereocenters. The molecule has 1 saturated heterocycles. The van der Waals surface area contributed by atoms with Crippen LogP contribution in [0.5, 0.6) is 0 Å². The predicted molar refractivity (Wildman–Crippen MR) is 122 cm³/mol. The number of halogens is 2. The normalized spacial score (nSPS) is 24.8. The molecule has 2 aliphatic carbocycles. The van der Waals surface area contributed by atoms with Crippen molar-refractivity contribution in [3.05, 3.63) is 70.2 Å². The fraction of sp³-hybridized carbons (Fsp3) is 0.250. The molecule has 1 heterocycles. The van der Waals surface area contributed by atoms with E-state index < -0.39 is 18.5 Å². The van der Waals surface area contributed by atoms with Crippen LogP contribution in [0.4, 0.5) is 11.4 Å². The van der Waals surface area contributed by atoms with E-state index >= 15 is 0 Å². The smallest absolute Gasteiger partial charge is 0.338 e. The predicted octanol–water partition coefficient (Wildman–Crippen LogP) is 4.10. The average Bonchev–Trinajstić information content (AvgIpc) is 3.48. The highest BCUT2D eigenvalue weighted by molar-refractivity contribution is 6.42. The number of amides is 3. The van der Waals surface area contributed by atoms with Crippen LogP contribution in [-0.2, 0) is 19.1 Å². The minimum absolute atomic E-state index is 0.130. The second-order valence-electron chi connectivity index (χ2n) is 8.31. The van der Waals surface area contributed by atoms with Gasteiger partial charge in [-0.1, -0.05) is 35.4 Å². The van der Waals surface area contributed by atoms with Crippen molar-refractivity contribution in [3.63, 3.8) is 0 Å². The van der Waals surface area contributed by atoms with Crippen molar-refractivity contribution in [1.29, 1.82) is 0 Å².